The number of hydrogen-bond acceptors (Lipinski definition) is 2. The standard InChI is InChI=1S/C8H9BO3/c1-12-7-3-2-5(9)4-6(7)8(10)11/h2-4H,9H2,1H3,(H,10,11). The van der Waals surface area contributed by atoms with Gasteiger partial charge in [-0.1, -0.05) is 17.6 Å². The third-order valence-electron chi connectivity index (χ3n) is 1.59. The SMILES string of the molecule is Bc1ccc(OC)c(C(=O)O)c1. The monoisotopic (exact) mass is 164 g/mol. The van der Waals surface area contributed by atoms with E-state index in [-0.39, 0.29) is 5.56 Å². The number of ether oxygens (including phenoxy) is 1. The first-order valence-electron chi connectivity index (χ1n) is 3.53. The second kappa shape index (κ2) is 3.30. The lowest BCUT2D eigenvalue weighted by atomic mass is 9.94. The van der Waals surface area contributed by atoms with Crippen molar-refractivity contribution < 1.29 is 14.6 Å². The predicted octanol–water partition coefficient (Wildman–Crippen LogP) is -0.348. The summed E-state index contributed by atoms with van der Waals surface area (Å²) >= 11 is 0. The highest BCUT2D eigenvalue weighted by Gasteiger charge is 2.09. The lowest BCUT2D eigenvalue weighted by molar-refractivity contribution is 0.0693. The van der Waals surface area contributed by atoms with Crippen molar-refractivity contribution in [2.45, 2.75) is 0 Å². The molecule has 4 heteroatoms. The van der Waals surface area contributed by atoms with Gasteiger partial charge in [0, 0.05) is 0 Å². The molecule has 1 N–H and O–H groups in total. The average molecular weight is 164 g/mol. The summed E-state index contributed by atoms with van der Waals surface area (Å²) in [5, 5.41) is 8.74. The molecule has 0 aromatic heterocycles. The molecule has 0 aliphatic heterocycles. The van der Waals surface area contributed by atoms with Crippen LogP contribution in [0.1, 0.15) is 10.4 Å². The fraction of sp³-hybridized carbons (Fsp3) is 0.125. The Morgan fingerprint density at radius 1 is 1.58 bits per heavy atom. The van der Waals surface area contributed by atoms with Gasteiger partial charge in [-0.25, -0.2) is 4.79 Å². The van der Waals surface area contributed by atoms with Gasteiger partial charge in [-0.05, 0) is 6.07 Å². The van der Waals surface area contributed by atoms with Gasteiger partial charge < -0.3 is 9.84 Å². The summed E-state index contributed by atoms with van der Waals surface area (Å²) in [4.78, 5) is 10.7. The van der Waals surface area contributed by atoms with Crippen molar-refractivity contribution in [3.05, 3.63) is 23.8 Å². The number of carboxylic acids is 1. The zero-order valence-corrected chi connectivity index (χ0v) is 7.00. The number of benzene rings is 1. The van der Waals surface area contributed by atoms with Crippen LogP contribution in [0.4, 0.5) is 0 Å². The van der Waals surface area contributed by atoms with E-state index in [1.54, 1.807) is 12.1 Å². The maximum atomic E-state index is 10.7. The smallest absolute Gasteiger partial charge is 0.339 e. The van der Waals surface area contributed by atoms with Gasteiger partial charge in [0.05, 0.1) is 7.11 Å². The van der Waals surface area contributed by atoms with Crippen LogP contribution in [0.3, 0.4) is 0 Å². The first kappa shape index (κ1) is 8.65. The second-order valence-electron chi connectivity index (χ2n) is 2.51. The number of hydrogen-bond donors (Lipinski definition) is 1. The summed E-state index contributed by atoms with van der Waals surface area (Å²) in [6.07, 6.45) is 0. The van der Waals surface area contributed by atoms with Gasteiger partial charge in [0.25, 0.3) is 0 Å². The Balaban J connectivity index is 3.21. The number of carbonyl (C=O) groups is 1. The third-order valence-corrected chi connectivity index (χ3v) is 1.59. The van der Waals surface area contributed by atoms with Crippen LogP contribution in [0.5, 0.6) is 5.75 Å². The molecule has 0 atom stereocenters. The van der Waals surface area contributed by atoms with Gasteiger partial charge >= 0.3 is 5.97 Å². The molecular formula is C8H9BO3. The van der Waals surface area contributed by atoms with Crippen LogP contribution in [0.2, 0.25) is 0 Å². The van der Waals surface area contributed by atoms with Gasteiger partial charge in [-0.15, -0.1) is 0 Å². The minimum absolute atomic E-state index is 0.206. The van der Waals surface area contributed by atoms with Crippen LogP contribution >= 0.6 is 0 Å². The molecule has 1 rings (SSSR count). The van der Waals surface area contributed by atoms with Crippen molar-refractivity contribution in [2.75, 3.05) is 7.11 Å². The van der Waals surface area contributed by atoms with Gasteiger partial charge in [0.1, 0.15) is 19.2 Å². The topological polar surface area (TPSA) is 46.5 Å². The first-order valence-corrected chi connectivity index (χ1v) is 3.53. The molecule has 0 heterocycles. The molecule has 0 saturated carbocycles. The quantitative estimate of drug-likeness (QED) is 0.607. The molecule has 1 aromatic rings. The van der Waals surface area contributed by atoms with E-state index < -0.39 is 5.97 Å². The molecule has 12 heavy (non-hydrogen) atoms. The van der Waals surface area contributed by atoms with Crippen molar-refractivity contribution in [1.82, 2.24) is 0 Å². The Hall–Kier alpha value is -1.45. The Labute approximate surface area is 71.4 Å². The van der Waals surface area contributed by atoms with E-state index in [4.69, 9.17) is 9.84 Å². The van der Waals surface area contributed by atoms with Crippen molar-refractivity contribution in [1.29, 1.82) is 0 Å². The molecule has 0 saturated heterocycles. The number of carboxylic acid groups (broad SMARTS) is 1. The Kier molecular flexibility index (Phi) is 2.38. The summed E-state index contributed by atoms with van der Waals surface area (Å²) in [7, 11) is 3.29. The lowest BCUT2D eigenvalue weighted by Gasteiger charge is -2.04. The Morgan fingerprint density at radius 2 is 2.25 bits per heavy atom. The van der Waals surface area contributed by atoms with E-state index in [0.717, 1.165) is 5.46 Å². The molecule has 0 aliphatic rings. The predicted molar refractivity (Wildman–Crippen MR) is 48.1 cm³/mol. The highest BCUT2D eigenvalue weighted by molar-refractivity contribution is 6.32. The van der Waals surface area contributed by atoms with E-state index in [2.05, 4.69) is 0 Å². The second-order valence-corrected chi connectivity index (χ2v) is 2.51. The molecule has 62 valence electrons. The minimum atomic E-state index is -0.962. The molecule has 0 unspecified atom stereocenters. The zero-order valence-electron chi connectivity index (χ0n) is 7.00. The fourth-order valence-electron chi connectivity index (χ4n) is 0.989. The Morgan fingerprint density at radius 3 is 2.75 bits per heavy atom. The molecular weight excluding hydrogens is 155 g/mol. The molecule has 0 aliphatic carbocycles. The van der Waals surface area contributed by atoms with Crippen LogP contribution < -0.4 is 10.2 Å². The first-order chi connectivity index (χ1) is 5.65. The van der Waals surface area contributed by atoms with E-state index in [1.807, 2.05) is 13.9 Å². The van der Waals surface area contributed by atoms with Crippen LogP contribution in [0, 0.1) is 0 Å². The summed E-state index contributed by atoms with van der Waals surface area (Å²) in [5.41, 5.74) is 1.12. The normalized spacial score (nSPS) is 9.42. The maximum Gasteiger partial charge on any atom is 0.339 e. The van der Waals surface area contributed by atoms with E-state index in [9.17, 15) is 4.79 Å². The van der Waals surface area contributed by atoms with E-state index in [0.29, 0.717) is 5.75 Å². The van der Waals surface area contributed by atoms with Gasteiger partial charge in [-0.2, -0.15) is 0 Å². The molecule has 0 fully saturated rings. The summed E-state index contributed by atoms with van der Waals surface area (Å²) in [5.74, 6) is -0.566. The molecule has 1 aromatic carbocycles. The summed E-state index contributed by atoms with van der Waals surface area (Å²) in [6, 6.07) is 5.05. The van der Waals surface area contributed by atoms with Crippen molar-refractivity contribution in [2.24, 2.45) is 0 Å². The summed E-state index contributed by atoms with van der Waals surface area (Å²) < 4.78 is 4.88. The van der Waals surface area contributed by atoms with Gasteiger partial charge in [0.15, 0.2) is 0 Å². The van der Waals surface area contributed by atoms with Crippen molar-refractivity contribution >= 4 is 19.3 Å². The lowest BCUT2D eigenvalue weighted by Crippen LogP contribution is -2.08. The zero-order chi connectivity index (χ0) is 9.14. The number of rotatable bonds is 2. The minimum Gasteiger partial charge on any atom is -0.496 e. The van der Waals surface area contributed by atoms with Crippen molar-refractivity contribution in [3.63, 3.8) is 0 Å². The van der Waals surface area contributed by atoms with Crippen LogP contribution in [-0.2, 0) is 0 Å². The molecule has 0 spiro atoms. The largest absolute Gasteiger partial charge is 0.496 e. The van der Waals surface area contributed by atoms with Crippen molar-refractivity contribution in [3.8, 4) is 5.75 Å². The highest BCUT2D eigenvalue weighted by Crippen LogP contribution is 2.15. The maximum absolute atomic E-state index is 10.7. The highest BCUT2D eigenvalue weighted by atomic mass is 16.5. The van der Waals surface area contributed by atoms with Crippen LogP contribution in [-0.4, -0.2) is 26.0 Å². The van der Waals surface area contributed by atoms with Crippen LogP contribution in [0.25, 0.3) is 0 Å². The van der Waals surface area contributed by atoms with E-state index >= 15 is 0 Å². The third kappa shape index (κ3) is 1.58. The fourth-order valence-corrected chi connectivity index (χ4v) is 0.989. The van der Waals surface area contributed by atoms with E-state index in [1.165, 1.54) is 7.11 Å². The molecule has 3 nitrogen and oxygen atoms in total. The molecule has 0 bridgehead atoms. The van der Waals surface area contributed by atoms with Crippen LogP contribution in [0.15, 0.2) is 18.2 Å². The average Bonchev–Trinajstić information content (AvgIpc) is 2.04. The number of methoxy groups -OCH3 is 1. The summed E-state index contributed by atoms with van der Waals surface area (Å²) in [6.45, 7) is 0. The van der Waals surface area contributed by atoms with Gasteiger partial charge in [-0.3, -0.25) is 0 Å². The van der Waals surface area contributed by atoms with Gasteiger partial charge in [0.2, 0.25) is 0 Å². The molecule has 0 radical (unpaired) electrons. The number of aromatic carboxylic acids is 1. The molecule has 0 amide bonds. The Bertz CT molecular complexity index is 309.